The zero-order valence-corrected chi connectivity index (χ0v) is 10.1. The monoisotopic (exact) mass is 220 g/mol. The van der Waals surface area contributed by atoms with Crippen molar-refractivity contribution in [3.63, 3.8) is 0 Å². The van der Waals surface area contributed by atoms with Gasteiger partial charge in [0.2, 0.25) is 0 Å². The number of rotatable bonds is 1. The van der Waals surface area contributed by atoms with E-state index in [9.17, 15) is 0 Å². The molecule has 0 N–H and O–H groups in total. The van der Waals surface area contributed by atoms with E-state index in [0.29, 0.717) is 0 Å². The molecular formula is C16H14N. The lowest BCUT2D eigenvalue weighted by Gasteiger charge is -2.12. The van der Waals surface area contributed by atoms with Crippen molar-refractivity contribution >= 4 is 27.2 Å². The fourth-order valence-electron chi connectivity index (χ4n) is 2.12. The molecule has 0 aromatic heterocycles. The highest BCUT2D eigenvalue weighted by atomic mass is 15.1. The Bertz CT molecular complexity index is 683. The van der Waals surface area contributed by atoms with Gasteiger partial charge in [-0.05, 0) is 45.8 Å². The number of hydrogen-bond donors (Lipinski definition) is 0. The van der Waals surface area contributed by atoms with Gasteiger partial charge in [-0.1, -0.05) is 24.3 Å². The van der Waals surface area contributed by atoms with Crippen LogP contribution in [0.1, 0.15) is 0 Å². The molecule has 3 rings (SSSR count). The van der Waals surface area contributed by atoms with Crippen LogP contribution in [0.5, 0.6) is 0 Å². The van der Waals surface area contributed by atoms with Crippen LogP contribution >= 0.6 is 0 Å². The highest BCUT2D eigenvalue weighted by molar-refractivity contribution is 5.99. The molecule has 17 heavy (non-hydrogen) atoms. The Balaban J connectivity index is 2.32. The normalized spacial score (nSPS) is 10.9. The molecule has 0 spiro atoms. The Morgan fingerprint density at radius 1 is 0.824 bits per heavy atom. The minimum absolute atomic E-state index is 1.12. The Kier molecular flexibility index (Phi) is 2.25. The Labute approximate surface area is 101 Å². The average Bonchev–Trinajstić information content (AvgIpc) is 2.35. The molecule has 0 saturated carbocycles. The molecule has 83 valence electrons. The van der Waals surface area contributed by atoms with Crippen LogP contribution in [0.2, 0.25) is 0 Å². The van der Waals surface area contributed by atoms with Gasteiger partial charge in [0, 0.05) is 25.8 Å². The Morgan fingerprint density at radius 3 is 2.12 bits per heavy atom. The van der Waals surface area contributed by atoms with Crippen LogP contribution in [0.3, 0.4) is 0 Å². The van der Waals surface area contributed by atoms with Crippen LogP contribution in [0.15, 0.2) is 48.5 Å². The first kappa shape index (κ1) is 10.2. The number of anilines is 1. The first-order valence-corrected chi connectivity index (χ1v) is 5.75. The fourth-order valence-corrected chi connectivity index (χ4v) is 2.12. The second-order valence-electron chi connectivity index (χ2n) is 4.54. The van der Waals surface area contributed by atoms with Crippen molar-refractivity contribution in [3.05, 3.63) is 54.6 Å². The molecule has 1 heteroatoms. The molecule has 1 radical (unpaired) electrons. The number of fused-ring (bicyclic) bond motifs is 2. The lowest BCUT2D eigenvalue weighted by molar-refractivity contribution is 1.13. The Morgan fingerprint density at radius 2 is 1.47 bits per heavy atom. The van der Waals surface area contributed by atoms with Gasteiger partial charge in [0.1, 0.15) is 0 Å². The molecule has 0 unspecified atom stereocenters. The molecule has 0 atom stereocenters. The van der Waals surface area contributed by atoms with E-state index >= 15 is 0 Å². The van der Waals surface area contributed by atoms with E-state index in [1.807, 2.05) is 14.1 Å². The molecule has 0 aliphatic heterocycles. The molecule has 3 aromatic carbocycles. The maximum Gasteiger partial charge on any atom is 0.0447 e. The third kappa shape index (κ3) is 1.74. The van der Waals surface area contributed by atoms with Crippen molar-refractivity contribution < 1.29 is 0 Å². The van der Waals surface area contributed by atoms with Crippen LogP contribution in [-0.2, 0) is 0 Å². The molecule has 0 fully saturated rings. The standard InChI is InChI=1S/C16H14N/c1-17(2)16-8-7-14-9-12-5-3-4-6-13(12)10-15(14)11-16/h3-7,9-11H,1-2H3. The molecule has 0 aliphatic rings. The van der Waals surface area contributed by atoms with Crippen LogP contribution in [-0.4, -0.2) is 14.1 Å². The van der Waals surface area contributed by atoms with Crippen molar-refractivity contribution in [2.75, 3.05) is 19.0 Å². The van der Waals surface area contributed by atoms with Gasteiger partial charge in [0.25, 0.3) is 0 Å². The topological polar surface area (TPSA) is 3.24 Å². The summed E-state index contributed by atoms with van der Waals surface area (Å²) in [5, 5.41) is 5.09. The zero-order chi connectivity index (χ0) is 11.8. The van der Waals surface area contributed by atoms with E-state index in [0.717, 1.165) is 5.69 Å². The molecule has 3 aromatic rings. The van der Waals surface area contributed by atoms with Crippen LogP contribution in [0, 0.1) is 6.07 Å². The highest BCUT2D eigenvalue weighted by Gasteiger charge is 2.00. The molecule has 0 amide bonds. The van der Waals surface area contributed by atoms with Gasteiger partial charge in [-0.25, -0.2) is 0 Å². The van der Waals surface area contributed by atoms with Crippen molar-refractivity contribution in [1.29, 1.82) is 0 Å². The van der Waals surface area contributed by atoms with Gasteiger partial charge >= 0.3 is 0 Å². The summed E-state index contributed by atoms with van der Waals surface area (Å²) in [5.41, 5.74) is 1.12. The fraction of sp³-hybridized carbons (Fsp3) is 0.125. The van der Waals surface area contributed by atoms with Gasteiger partial charge in [-0.2, -0.15) is 0 Å². The minimum atomic E-state index is 1.12. The lowest BCUT2D eigenvalue weighted by Crippen LogP contribution is -2.08. The smallest absolute Gasteiger partial charge is 0.0447 e. The van der Waals surface area contributed by atoms with Crippen molar-refractivity contribution in [2.24, 2.45) is 0 Å². The van der Waals surface area contributed by atoms with E-state index in [2.05, 4.69) is 59.5 Å². The van der Waals surface area contributed by atoms with Gasteiger partial charge in [-0.3, -0.25) is 0 Å². The van der Waals surface area contributed by atoms with E-state index < -0.39 is 0 Å². The van der Waals surface area contributed by atoms with Crippen molar-refractivity contribution in [1.82, 2.24) is 0 Å². The molecule has 0 aliphatic carbocycles. The summed E-state index contributed by atoms with van der Waals surface area (Å²) in [6.45, 7) is 0. The zero-order valence-electron chi connectivity index (χ0n) is 10.1. The molecular weight excluding hydrogens is 206 g/mol. The Hall–Kier alpha value is -2.02. The maximum absolute atomic E-state index is 3.30. The quantitative estimate of drug-likeness (QED) is 0.563. The predicted octanol–water partition coefficient (Wildman–Crippen LogP) is 3.86. The summed E-state index contributed by atoms with van der Waals surface area (Å²) < 4.78 is 0. The minimum Gasteiger partial charge on any atom is -0.377 e. The summed E-state index contributed by atoms with van der Waals surface area (Å²) in [6.07, 6.45) is 0. The van der Waals surface area contributed by atoms with Crippen molar-refractivity contribution in [2.45, 2.75) is 0 Å². The summed E-state index contributed by atoms with van der Waals surface area (Å²) in [6, 6.07) is 20.5. The average molecular weight is 220 g/mol. The maximum atomic E-state index is 3.30. The number of hydrogen-bond acceptors (Lipinski definition) is 1. The van der Waals surface area contributed by atoms with Gasteiger partial charge < -0.3 is 4.90 Å². The van der Waals surface area contributed by atoms with E-state index in [1.165, 1.54) is 21.5 Å². The third-order valence-electron chi connectivity index (χ3n) is 3.10. The first-order chi connectivity index (χ1) is 8.24. The first-order valence-electron chi connectivity index (χ1n) is 5.75. The molecule has 0 saturated heterocycles. The van der Waals surface area contributed by atoms with Gasteiger partial charge in [-0.15, -0.1) is 0 Å². The lowest BCUT2D eigenvalue weighted by atomic mass is 10.0. The molecule has 0 heterocycles. The van der Waals surface area contributed by atoms with Crippen LogP contribution < -0.4 is 4.90 Å². The van der Waals surface area contributed by atoms with E-state index in [-0.39, 0.29) is 0 Å². The number of nitrogens with zero attached hydrogens (tertiary/aromatic N) is 1. The third-order valence-corrected chi connectivity index (χ3v) is 3.10. The van der Waals surface area contributed by atoms with Crippen LogP contribution in [0.25, 0.3) is 21.5 Å². The van der Waals surface area contributed by atoms with E-state index in [4.69, 9.17) is 0 Å². The second-order valence-corrected chi connectivity index (χ2v) is 4.54. The summed E-state index contributed by atoms with van der Waals surface area (Å²) >= 11 is 0. The summed E-state index contributed by atoms with van der Waals surface area (Å²) in [4.78, 5) is 2.08. The van der Waals surface area contributed by atoms with Gasteiger partial charge in [0.05, 0.1) is 0 Å². The summed E-state index contributed by atoms with van der Waals surface area (Å²) in [5.74, 6) is 0. The summed E-state index contributed by atoms with van der Waals surface area (Å²) in [7, 11) is 4.08. The highest BCUT2D eigenvalue weighted by Crippen LogP contribution is 2.25. The predicted molar refractivity (Wildman–Crippen MR) is 74.6 cm³/mol. The SMILES string of the molecule is CN(C)c1[c]cc2cc3ccccc3cc2c1. The molecule has 0 bridgehead atoms. The van der Waals surface area contributed by atoms with Crippen LogP contribution in [0.4, 0.5) is 5.69 Å². The largest absolute Gasteiger partial charge is 0.377 e. The van der Waals surface area contributed by atoms with Crippen molar-refractivity contribution in [3.8, 4) is 0 Å². The van der Waals surface area contributed by atoms with Gasteiger partial charge in [0.15, 0.2) is 0 Å². The van der Waals surface area contributed by atoms with E-state index in [1.54, 1.807) is 0 Å². The molecule has 1 nitrogen and oxygen atoms in total. The number of benzene rings is 3. The second kappa shape index (κ2) is 3.77.